The molecule has 97 heavy (non-hydrogen) atoms. The summed E-state index contributed by atoms with van der Waals surface area (Å²) in [6.45, 7) is 4.68. The molecule has 0 aromatic carbocycles. The third-order valence-electron chi connectivity index (χ3n) is 17.4. The molecule has 0 fully saturated rings. The first kappa shape index (κ1) is 92.4. The molecule has 0 rings (SSSR count). The van der Waals surface area contributed by atoms with Gasteiger partial charge < -0.3 is 28.5 Å². The molecule has 0 aliphatic rings. The fourth-order valence-corrected chi connectivity index (χ4v) is 11.3. The van der Waals surface area contributed by atoms with Crippen molar-refractivity contribution in [2.75, 3.05) is 47.5 Å². The van der Waals surface area contributed by atoms with Gasteiger partial charge >= 0.3 is 17.9 Å². The van der Waals surface area contributed by atoms with Gasteiger partial charge in [-0.15, -0.1) is 0 Å². The number of aliphatic carboxylic acids is 1. The second kappa shape index (κ2) is 77.2. The zero-order chi connectivity index (χ0) is 70.4. The van der Waals surface area contributed by atoms with E-state index in [2.05, 4.69) is 148 Å². The number of likely N-dealkylation sites (N-methyl/N-ethyl adjacent to an activating group) is 1. The van der Waals surface area contributed by atoms with Crippen LogP contribution in [0.5, 0.6) is 0 Å². The number of rotatable bonds is 74. The molecule has 0 spiro atoms. The van der Waals surface area contributed by atoms with Crippen LogP contribution in [0.4, 0.5) is 0 Å². The van der Waals surface area contributed by atoms with E-state index in [0.717, 1.165) is 109 Å². The highest BCUT2D eigenvalue weighted by Crippen LogP contribution is 2.19. The molecule has 0 amide bonds. The summed E-state index contributed by atoms with van der Waals surface area (Å²) in [6, 6.07) is 0. The van der Waals surface area contributed by atoms with E-state index in [1.807, 2.05) is 21.1 Å². The van der Waals surface area contributed by atoms with Gasteiger partial charge in [-0.2, -0.15) is 0 Å². The first-order chi connectivity index (χ1) is 47.6. The Morgan fingerprint density at radius 1 is 0.309 bits per heavy atom. The van der Waals surface area contributed by atoms with E-state index in [0.29, 0.717) is 23.9 Å². The third kappa shape index (κ3) is 78.6. The number of ether oxygens (including phenoxy) is 4. The largest absolute Gasteiger partial charge is 0.477 e. The molecule has 9 nitrogen and oxygen atoms in total. The summed E-state index contributed by atoms with van der Waals surface area (Å²) < 4.78 is 23.1. The number of carbonyl (C=O) groups excluding carboxylic acids is 2. The minimum absolute atomic E-state index is 0.184. The maximum absolute atomic E-state index is 13.0. The Labute approximate surface area is 599 Å². The Morgan fingerprint density at radius 3 is 0.825 bits per heavy atom. The second-order valence-corrected chi connectivity index (χ2v) is 28.0. The highest BCUT2D eigenvalue weighted by atomic mass is 16.7. The van der Waals surface area contributed by atoms with Gasteiger partial charge in [-0.1, -0.05) is 359 Å². The predicted octanol–water partition coefficient (Wildman–Crippen LogP) is 26.0. The van der Waals surface area contributed by atoms with E-state index in [1.54, 1.807) is 0 Å². The van der Waals surface area contributed by atoms with Crippen LogP contribution in [-0.4, -0.2) is 87.4 Å². The normalized spacial score (nSPS) is 13.4. The lowest BCUT2D eigenvalue weighted by Gasteiger charge is -2.25. The lowest BCUT2D eigenvalue weighted by molar-refractivity contribution is -0.870. The fraction of sp³-hybridized carbons (Fsp3) is 0.716. The molecule has 0 heterocycles. The first-order valence-corrected chi connectivity index (χ1v) is 40.3. The molecular formula is C88H152NO8+. The van der Waals surface area contributed by atoms with E-state index in [9.17, 15) is 19.5 Å². The smallest absolute Gasteiger partial charge is 0.361 e. The summed E-state index contributed by atoms with van der Waals surface area (Å²) in [5, 5.41) is 9.78. The van der Waals surface area contributed by atoms with Gasteiger partial charge in [0, 0.05) is 12.8 Å². The highest BCUT2D eigenvalue weighted by Gasteiger charge is 2.25. The minimum Gasteiger partial charge on any atom is -0.477 e. The third-order valence-corrected chi connectivity index (χ3v) is 17.4. The van der Waals surface area contributed by atoms with Crippen LogP contribution < -0.4 is 0 Å². The Kier molecular flexibility index (Phi) is 73.5. The van der Waals surface area contributed by atoms with Crippen LogP contribution in [0, 0.1) is 0 Å². The van der Waals surface area contributed by atoms with Crippen molar-refractivity contribution in [2.45, 2.75) is 360 Å². The number of esters is 2. The van der Waals surface area contributed by atoms with Gasteiger partial charge in [0.05, 0.1) is 34.4 Å². The molecule has 2 unspecified atom stereocenters. The van der Waals surface area contributed by atoms with Crippen LogP contribution in [0.2, 0.25) is 0 Å². The van der Waals surface area contributed by atoms with E-state index in [-0.39, 0.29) is 32.2 Å². The summed E-state index contributed by atoms with van der Waals surface area (Å²) in [5.74, 6) is -1.99. The molecule has 0 aromatic rings. The topological polar surface area (TPSA) is 108 Å². The van der Waals surface area contributed by atoms with Crippen molar-refractivity contribution in [3.05, 3.63) is 134 Å². The summed E-state index contributed by atoms with van der Waals surface area (Å²) in [7, 11) is 5.99. The Morgan fingerprint density at radius 2 is 0.557 bits per heavy atom. The molecule has 0 saturated carbocycles. The number of carbonyl (C=O) groups is 3. The van der Waals surface area contributed by atoms with Crippen LogP contribution >= 0.6 is 0 Å². The maximum Gasteiger partial charge on any atom is 0.361 e. The average Bonchev–Trinajstić information content (AvgIpc) is 3.74. The number of nitrogens with zero attached hydrogens (tertiary/aromatic N) is 1. The number of unbranched alkanes of at least 4 members (excludes halogenated alkanes) is 37. The Balaban J connectivity index is 4.02. The second-order valence-electron chi connectivity index (χ2n) is 28.0. The van der Waals surface area contributed by atoms with E-state index >= 15 is 0 Å². The van der Waals surface area contributed by atoms with Crippen molar-refractivity contribution in [3.8, 4) is 0 Å². The standard InChI is InChI=1S/C88H151NO8/c1-6-8-10-12-14-16-18-20-22-24-26-28-30-32-34-36-38-40-42-43-45-46-48-50-52-54-56-58-60-62-64-66-68-70-72-74-76-78-85(90)95-82-84(83-96-88(87(92)93)94-81-80-89(3,4)5)97-86(91)79-77-75-73-71-69-67-65-63-61-59-57-55-53-51-49-47-44-41-39-37-35-33-31-29-27-25-23-21-19-17-15-13-11-9-7-2/h8-11,14-17,20-23,26-29,33,35,39,41,47,49,84,88H,6-7,12-13,18-19,24-25,30-32,34,36-38,40,42-46,48,50-83H2,1-5H3/p+1/b10-8-,11-9-,16-14-,17-15-,22-20-,23-21-,28-26-,29-27-,35-33-,41-39-,49-47-. The van der Waals surface area contributed by atoms with Crippen LogP contribution in [0.3, 0.4) is 0 Å². The predicted molar refractivity (Wildman–Crippen MR) is 419 cm³/mol. The molecular weight excluding hydrogens is 1200 g/mol. The van der Waals surface area contributed by atoms with Crippen molar-refractivity contribution in [2.24, 2.45) is 0 Å². The van der Waals surface area contributed by atoms with Crippen molar-refractivity contribution in [3.63, 3.8) is 0 Å². The van der Waals surface area contributed by atoms with Crippen molar-refractivity contribution in [1.82, 2.24) is 0 Å². The van der Waals surface area contributed by atoms with Gasteiger partial charge in [0.15, 0.2) is 6.10 Å². The number of allylic oxidation sites excluding steroid dienone is 22. The summed E-state index contributed by atoms with van der Waals surface area (Å²) >= 11 is 0. The maximum atomic E-state index is 13.0. The average molecular weight is 1350 g/mol. The van der Waals surface area contributed by atoms with Gasteiger partial charge in [-0.3, -0.25) is 9.59 Å². The number of carboxylic acids is 1. The molecule has 2 atom stereocenters. The molecule has 1 N–H and O–H groups in total. The molecule has 0 aromatic heterocycles. The van der Waals surface area contributed by atoms with E-state index in [1.165, 1.54) is 205 Å². The number of quaternary nitrogens is 1. The van der Waals surface area contributed by atoms with E-state index < -0.39 is 24.3 Å². The van der Waals surface area contributed by atoms with Gasteiger partial charge in [0.25, 0.3) is 6.29 Å². The summed E-state index contributed by atoms with van der Waals surface area (Å²) in [4.78, 5) is 37.8. The summed E-state index contributed by atoms with van der Waals surface area (Å²) in [6.07, 6.45) is 109. The van der Waals surface area contributed by atoms with Gasteiger partial charge in [0.2, 0.25) is 0 Å². The SMILES string of the molecule is CC/C=C\C/C=C\C/C=C\C/C=C\C/C=C\C/C=C\C/C=C\CCCCCCCCCCCCCCCC(=O)OC(COC(=O)CCCCCCCCCCCCCCCCCCCCCCCCCC/C=C\C/C=C\C/C=C\C/C=C\CC)COC(OCC[N+](C)(C)C)C(=O)O. The zero-order valence-corrected chi connectivity index (χ0v) is 63.7. The highest BCUT2D eigenvalue weighted by molar-refractivity contribution is 5.71. The van der Waals surface area contributed by atoms with Gasteiger partial charge in [0.1, 0.15) is 13.2 Å². The lowest BCUT2D eigenvalue weighted by Crippen LogP contribution is -2.40. The van der Waals surface area contributed by atoms with Crippen molar-refractivity contribution >= 4 is 17.9 Å². The summed E-state index contributed by atoms with van der Waals surface area (Å²) in [5.41, 5.74) is 0. The zero-order valence-electron chi connectivity index (χ0n) is 63.7. The molecule has 0 radical (unpaired) electrons. The lowest BCUT2D eigenvalue weighted by atomic mass is 10.0. The van der Waals surface area contributed by atoms with Gasteiger partial charge in [-0.25, -0.2) is 4.79 Å². The molecule has 0 saturated heterocycles. The van der Waals surface area contributed by atoms with Crippen LogP contribution in [-0.2, 0) is 33.3 Å². The molecule has 556 valence electrons. The number of hydrogen-bond donors (Lipinski definition) is 1. The first-order valence-electron chi connectivity index (χ1n) is 40.3. The molecule has 0 bridgehead atoms. The van der Waals surface area contributed by atoms with Gasteiger partial charge in [-0.05, 0) is 109 Å². The van der Waals surface area contributed by atoms with Crippen molar-refractivity contribution in [1.29, 1.82) is 0 Å². The van der Waals surface area contributed by atoms with Crippen LogP contribution in [0.25, 0.3) is 0 Å². The molecule has 0 aliphatic carbocycles. The number of carboxylic acid groups (broad SMARTS) is 1. The molecule has 0 aliphatic heterocycles. The monoisotopic (exact) mass is 1350 g/mol. The fourth-order valence-electron chi connectivity index (χ4n) is 11.3. The van der Waals surface area contributed by atoms with Crippen molar-refractivity contribution < 1.29 is 42.9 Å². The van der Waals surface area contributed by atoms with E-state index in [4.69, 9.17) is 18.9 Å². The Hall–Kier alpha value is -4.57. The Bertz CT molecular complexity index is 2060. The van der Waals surface area contributed by atoms with Crippen LogP contribution in [0.1, 0.15) is 348 Å². The van der Waals surface area contributed by atoms with Crippen LogP contribution in [0.15, 0.2) is 134 Å². The molecule has 9 heteroatoms. The quantitative estimate of drug-likeness (QED) is 0.0211. The minimum atomic E-state index is -1.52. The number of hydrogen-bond acceptors (Lipinski definition) is 7.